The van der Waals surface area contributed by atoms with Gasteiger partial charge >= 0.3 is 0 Å². The third-order valence-corrected chi connectivity index (χ3v) is 7.95. The summed E-state index contributed by atoms with van der Waals surface area (Å²) in [7, 11) is 0. The van der Waals surface area contributed by atoms with Crippen molar-refractivity contribution in [3.63, 3.8) is 0 Å². The zero-order valence-electron chi connectivity index (χ0n) is 19.0. The van der Waals surface area contributed by atoms with E-state index >= 15 is 0 Å². The smallest absolute Gasteiger partial charge is 0.0730 e. The molecule has 2 fully saturated rings. The quantitative estimate of drug-likeness (QED) is 0.449. The van der Waals surface area contributed by atoms with Crippen LogP contribution in [0.2, 0.25) is 0 Å². The maximum absolute atomic E-state index is 6.38. The molecule has 3 nitrogen and oxygen atoms in total. The van der Waals surface area contributed by atoms with Gasteiger partial charge in [-0.1, -0.05) is 91.0 Å². The molecule has 168 valence electrons. The summed E-state index contributed by atoms with van der Waals surface area (Å²) in [5.41, 5.74) is 6.62. The summed E-state index contributed by atoms with van der Waals surface area (Å²) < 4.78 is 12.7. The zero-order chi connectivity index (χ0) is 22.3. The molecule has 0 amide bonds. The van der Waals surface area contributed by atoms with Crippen LogP contribution in [0.15, 0.2) is 97.1 Å². The van der Waals surface area contributed by atoms with E-state index in [1.807, 2.05) is 6.07 Å². The summed E-state index contributed by atoms with van der Waals surface area (Å²) in [6.07, 6.45) is 2.18. The van der Waals surface area contributed by atoms with Crippen molar-refractivity contribution in [2.45, 2.75) is 43.6 Å². The van der Waals surface area contributed by atoms with Gasteiger partial charge in [-0.25, -0.2) is 0 Å². The largest absolute Gasteiger partial charge is 0.377 e. The lowest BCUT2D eigenvalue weighted by Gasteiger charge is -2.49. The van der Waals surface area contributed by atoms with E-state index in [0.29, 0.717) is 19.3 Å². The van der Waals surface area contributed by atoms with Crippen molar-refractivity contribution in [1.29, 1.82) is 0 Å². The normalized spacial score (nSPS) is 27.8. The lowest BCUT2D eigenvalue weighted by molar-refractivity contribution is 0.0208. The molecule has 2 heterocycles. The summed E-state index contributed by atoms with van der Waals surface area (Å²) >= 11 is 0. The topological polar surface area (TPSA) is 21.7 Å². The zero-order valence-corrected chi connectivity index (χ0v) is 19.0. The molecule has 33 heavy (non-hydrogen) atoms. The molecule has 1 spiro atoms. The minimum absolute atomic E-state index is 0.00728. The number of ether oxygens (including phenoxy) is 2. The molecule has 0 unspecified atom stereocenters. The first-order valence-electron chi connectivity index (χ1n) is 12.1. The SMILES string of the molecule is C=C1C[C@@H]2OCC[C@@]23c2ccccc2N(Cc2ccccc2)[C@H]3[C@@H]1COCc1ccccc1. The van der Waals surface area contributed by atoms with E-state index in [2.05, 4.69) is 90.3 Å². The van der Waals surface area contributed by atoms with E-state index in [1.165, 1.54) is 28.0 Å². The van der Waals surface area contributed by atoms with Crippen LogP contribution in [0.4, 0.5) is 5.69 Å². The fourth-order valence-corrected chi connectivity index (χ4v) is 6.51. The van der Waals surface area contributed by atoms with Gasteiger partial charge in [0.1, 0.15) is 0 Å². The van der Waals surface area contributed by atoms with Crippen LogP contribution in [0.25, 0.3) is 0 Å². The molecule has 1 saturated heterocycles. The third-order valence-electron chi connectivity index (χ3n) is 7.95. The standard InChI is InChI=1S/C30H31NO2/c1-22-18-28-30(16-17-33-28)26-14-8-9-15-27(26)31(19-23-10-4-2-5-11-23)29(30)25(22)21-32-20-24-12-6-3-7-13-24/h2-15,25,28-29H,1,16-21H2/t25-,28+,29+,30-/m1/s1. The maximum atomic E-state index is 6.38. The van der Waals surface area contributed by atoms with Gasteiger partial charge in [0.2, 0.25) is 0 Å². The van der Waals surface area contributed by atoms with E-state index in [9.17, 15) is 0 Å². The lowest BCUT2D eigenvalue weighted by Crippen LogP contribution is -2.58. The number of benzene rings is 3. The molecule has 3 heteroatoms. The van der Waals surface area contributed by atoms with E-state index < -0.39 is 0 Å². The van der Waals surface area contributed by atoms with Crippen LogP contribution in [-0.2, 0) is 28.0 Å². The summed E-state index contributed by atoms with van der Waals surface area (Å²) in [5.74, 6) is 0.266. The number of para-hydroxylation sites is 1. The number of rotatable bonds is 6. The van der Waals surface area contributed by atoms with Crippen LogP contribution in [0.5, 0.6) is 0 Å². The van der Waals surface area contributed by atoms with Crippen LogP contribution in [0.3, 0.4) is 0 Å². The predicted octanol–water partition coefficient (Wildman–Crippen LogP) is 5.90. The Balaban J connectivity index is 1.37. The Morgan fingerprint density at radius 3 is 2.39 bits per heavy atom. The summed E-state index contributed by atoms with van der Waals surface area (Å²) in [4.78, 5) is 2.63. The molecule has 4 atom stereocenters. The van der Waals surface area contributed by atoms with Gasteiger partial charge < -0.3 is 14.4 Å². The van der Waals surface area contributed by atoms with Crippen LogP contribution in [0, 0.1) is 5.92 Å². The van der Waals surface area contributed by atoms with Gasteiger partial charge in [0, 0.05) is 30.2 Å². The predicted molar refractivity (Wildman–Crippen MR) is 132 cm³/mol. The molecule has 1 saturated carbocycles. The Bertz CT molecular complexity index is 1130. The average Bonchev–Trinajstić information content (AvgIpc) is 3.39. The van der Waals surface area contributed by atoms with Gasteiger partial charge in [-0.3, -0.25) is 0 Å². The minimum Gasteiger partial charge on any atom is -0.377 e. The van der Waals surface area contributed by atoms with Gasteiger partial charge in [-0.05, 0) is 35.6 Å². The second kappa shape index (κ2) is 8.48. The monoisotopic (exact) mass is 437 g/mol. The second-order valence-electron chi connectivity index (χ2n) is 9.69. The van der Waals surface area contributed by atoms with Crippen molar-refractivity contribution in [3.8, 4) is 0 Å². The van der Waals surface area contributed by atoms with Crippen LogP contribution in [0.1, 0.15) is 29.5 Å². The third kappa shape index (κ3) is 3.42. The second-order valence-corrected chi connectivity index (χ2v) is 9.69. The molecule has 3 aromatic carbocycles. The molecule has 0 aromatic heterocycles. The highest BCUT2D eigenvalue weighted by Gasteiger charge is 2.63. The molecular weight excluding hydrogens is 406 g/mol. The highest BCUT2D eigenvalue weighted by Crippen LogP contribution is 2.60. The van der Waals surface area contributed by atoms with E-state index in [0.717, 1.165) is 26.0 Å². The van der Waals surface area contributed by atoms with Crippen molar-refractivity contribution in [2.24, 2.45) is 5.92 Å². The Morgan fingerprint density at radius 1 is 0.909 bits per heavy atom. The van der Waals surface area contributed by atoms with Crippen molar-refractivity contribution in [1.82, 2.24) is 0 Å². The van der Waals surface area contributed by atoms with Crippen molar-refractivity contribution < 1.29 is 9.47 Å². The van der Waals surface area contributed by atoms with Gasteiger partial charge in [0.25, 0.3) is 0 Å². The lowest BCUT2D eigenvalue weighted by atomic mass is 9.60. The first-order chi connectivity index (χ1) is 16.3. The van der Waals surface area contributed by atoms with Crippen LogP contribution < -0.4 is 4.90 Å². The first-order valence-corrected chi connectivity index (χ1v) is 12.1. The first kappa shape index (κ1) is 20.7. The Labute approximate surface area is 196 Å². The molecular formula is C30H31NO2. The van der Waals surface area contributed by atoms with Gasteiger partial charge in [0.15, 0.2) is 0 Å². The highest BCUT2D eigenvalue weighted by molar-refractivity contribution is 5.67. The summed E-state index contributed by atoms with van der Waals surface area (Å²) in [6.45, 7) is 7.59. The van der Waals surface area contributed by atoms with Crippen molar-refractivity contribution >= 4 is 5.69 Å². The van der Waals surface area contributed by atoms with E-state index in [-0.39, 0.29) is 17.4 Å². The summed E-state index contributed by atoms with van der Waals surface area (Å²) in [5, 5.41) is 0. The molecule has 1 aliphatic carbocycles. The molecule has 6 rings (SSSR count). The van der Waals surface area contributed by atoms with Crippen molar-refractivity contribution in [2.75, 3.05) is 18.1 Å². The number of hydrogen-bond acceptors (Lipinski definition) is 3. The van der Waals surface area contributed by atoms with Crippen LogP contribution >= 0.6 is 0 Å². The Hall–Kier alpha value is -2.88. The average molecular weight is 438 g/mol. The van der Waals surface area contributed by atoms with Crippen molar-refractivity contribution in [3.05, 3.63) is 114 Å². The van der Waals surface area contributed by atoms with Gasteiger partial charge in [0.05, 0.1) is 25.4 Å². The Morgan fingerprint density at radius 2 is 1.61 bits per heavy atom. The molecule has 3 aromatic rings. The fraction of sp³-hybridized carbons (Fsp3) is 0.333. The Kier molecular flexibility index (Phi) is 5.32. The molecule has 0 bridgehead atoms. The van der Waals surface area contributed by atoms with Crippen LogP contribution in [-0.4, -0.2) is 25.4 Å². The van der Waals surface area contributed by atoms with E-state index in [1.54, 1.807) is 0 Å². The highest BCUT2D eigenvalue weighted by atomic mass is 16.5. The minimum atomic E-state index is 0.00728. The molecule has 3 aliphatic rings. The number of hydrogen-bond donors (Lipinski definition) is 0. The number of nitrogens with zero attached hydrogens (tertiary/aromatic N) is 1. The molecule has 0 radical (unpaired) electrons. The fourth-order valence-electron chi connectivity index (χ4n) is 6.51. The number of anilines is 1. The number of fused-ring (bicyclic) bond motifs is 1. The molecule has 2 aliphatic heterocycles. The maximum Gasteiger partial charge on any atom is 0.0730 e. The van der Waals surface area contributed by atoms with Gasteiger partial charge in [-0.2, -0.15) is 0 Å². The van der Waals surface area contributed by atoms with Gasteiger partial charge in [-0.15, -0.1) is 0 Å². The van der Waals surface area contributed by atoms with E-state index in [4.69, 9.17) is 9.47 Å². The molecule has 0 N–H and O–H groups in total. The summed E-state index contributed by atoms with van der Waals surface area (Å²) in [6, 6.07) is 30.6.